The zero-order valence-corrected chi connectivity index (χ0v) is 17.3. The van der Waals surface area contributed by atoms with Gasteiger partial charge in [-0.05, 0) is 53.7 Å². The molecule has 2 N–H and O–H groups in total. The van der Waals surface area contributed by atoms with Gasteiger partial charge in [0.25, 0.3) is 0 Å². The fourth-order valence-corrected chi connectivity index (χ4v) is 5.39. The summed E-state index contributed by atoms with van der Waals surface area (Å²) >= 11 is 5.23. The highest BCUT2D eigenvalue weighted by molar-refractivity contribution is 9.10. The number of rotatable bonds is 4. The smallest absolute Gasteiger partial charge is 0.102 e. The number of piperazine rings is 1. The van der Waals surface area contributed by atoms with E-state index >= 15 is 0 Å². The second kappa shape index (κ2) is 9.95. The Morgan fingerprint density at radius 3 is 2.70 bits per heavy atom. The first-order chi connectivity index (χ1) is 10.2. The van der Waals surface area contributed by atoms with Gasteiger partial charge in [-0.25, -0.2) is 0 Å². The molecule has 23 heavy (non-hydrogen) atoms. The summed E-state index contributed by atoms with van der Waals surface area (Å²) < 4.78 is 1.10. The SMILES string of the molecule is Cl.Cl.OC1(c2cc(Br)cs2)CCCCC1CCN1CCNCC1. The monoisotopic (exact) mass is 444 g/mol. The van der Waals surface area contributed by atoms with E-state index in [1.165, 1.54) is 6.42 Å². The van der Waals surface area contributed by atoms with E-state index in [1.807, 2.05) is 0 Å². The quantitative estimate of drug-likeness (QED) is 0.734. The van der Waals surface area contributed by atoms with Crippen LogP contribution in [-0.2, 0) is 5.60 Å². The number of hydrogen-bond donors (Lipinski definition) is 2. The van der Waals surface area contributed by atoms with Gasteiger partial charge in [0.1, 0.15) is 5.60 Å². The Hall–Kier alpha value is 0.640. The molecule has 0 amide bonds. The molecule has 1 aliphatic carbocycles. The van der Waals surface area contributed by atoms with Gasteiger partial charge >= 0.3 is 0 Å². The molecule has 7 heteroatoms. The average molecular weight is 446 g/mol. The van der Waals surface area contributed by atoms with Crippen LogP contribution in [-0.4, -0.2) is 42.7 Å². The van der Waals surface area contributed by atoms with Crippen molar-refractivity contribution in [3.05, 3.63) is 20.8 Å². The second-order valence-corrected chi connectivity index (χ2v) is 8.20. The van der Waals surface area contributed by atoms with Crippen LogP contribution in [0.5, 0.6) is 0 Å². The maximum Gasteiger partial charge on any atom is 0.102 e. The highest BCUT2D eigenvalue weighted by Gasteiger charge is 2.41. The molecule has 3 rings (SSSR count). The van der Waals surface area contributed by atoms with E-state index in [1.54, 1.807) is 11.3 Å². The van der Waals surface area contributed by atoms with Crippen molar-refractivity contribution >= 4 is 52.1 Å². The fraction of sp³-hybridized carbons (Fsp3) is 0.750. The molecular formula is C16H27BrCl2N2OS. The molecule has 0 aromatic carbocycles. The summed E-state index contributed by atoms with van der Waals surface area (Å²) in [7, 11) is 0. The lowest BCUT2D eigenvalue weighted by Gasteiger charge is -2.40. The third kappa shape index (κ3) is 5.30. The molecule has 3 nitrogen and oxygen atoms in total. The Bertz CT molecular complexity index is 471. The number of nitrogens with zero attached hydrogens (tertiary/aromatic N) is 1. The molecule has 1 aliphatic heterocycles. The standard InChI is InChI=1S/C16H25BrN2OS.2ClH/c17-14-11-15(21-12-14)16(20)5-2-1-3-13(16)4-8-19-9-6-18-7-10-19;;/h11-13,18,20H,1-10H2;2*1H. The molecule has 2 atom stereocenters. The van der Waals surface area contributed by atoms with E-state index in [0.717, 1.165) is 67.8 Å². The van der Waals surface area contributed by atoms with Gasteiger partial charge in [-0.2, -0.15) is 0 Å². The number of halogens is 3. The van der Waals surface area contributed by atoms with E-state index in [0.29, 0.717) is 5.92 Å². The maximum absolute atomic E-state index is 11.3. The summed E-state index contributed by atoms with van der Waals surface area (Å²) in [4.78, 5) is 3.69. The molecule has 0 radical (unpaired) electrons. The maximum atomic E-state index is 11.3. The molecule has 1 aromatic heterocycles. The number of thiophene rings is 1. The lowest BCUT2D eigenvalue weighted by molar-refractivity contribution is -0.0573. The lowest BCUT2D eigenvalue weighted by Crippen LogP contribution is -2.45. The van der Waals surface area contributed by atoms with Crippen LogP contribution in [0.25, 0.3) is 0 Å². The highest BCUT2D eigenvalue weighted by Crippen LogP contribution is 2.46. The Morgan fingerprint density at radius 2 is 2.04 bits per heavy atom. The van der Waals surface area contributed by atoms with Crippen LogP contribution in [0.1, 0.15) is 37.0 Å². The molecule has 2 heterocycles. The van der Waals surface area contributed by atoms with Crippen molar-refractivity contribution in [1.29, 1.82) is 0 Å². The van der Waals surface area contributed by atoms with Gasteiger partial charge in [-0.3, -0.25) is 0 Å². The van der Waals surface area contributed by atoms with Crippen LogP contribution < -0.4 is 5.32 Å². The lowest BCUT2D eigenvalue weighted by atomic mass is 9.73. The minimum absolute atomic E-state index is 0. The van der Waals surface area contributed by atoms with Crippen molar-refractivity contribution in [2.75, 3.05) is 32.7 Å². The molecule has 2 aliphatic rings. The molecule has 1 saturated heterocycles. The van der Waals surface area contributed by atoms with Crippen LogP contribution in [0, 0.1) is 5.92 Å². The zero-order valence-electron chi connectivity index (χ0n) is 13.3. The van der Waals surface area contributed by atoms with Crippen molar-refractivity contribution in [2.24, 2.45) is 5.92 Å². The third-order valence-corrected chi connectivity index (χ3v) is 6.89. The summed E-state index contributed by atoms with van der Waals surface area (Å²) in [6.07, 6.45) is 5.62. The van der Waals surface area contributed by atoms with Crippen LogP contribution in [0.15, 0.2) is 15.9 Å². The molecule has 134 valence electrons. The van der Waals surface area contributed by atoms with Crippen molar-refractivity contribution in [3.63, 3.8) is 0 Å². The van der Waals surface area contributed by atoms with E-state index in [9.17, 15) is 5.11 Å². The molecule has 2 fully saturated rings. The number of hydrogen-bond acceptors (Lipinski definition) is 4. The predicted molar refractivity (Wildman–Crippen MR) is 106 cm³/mol. The zero-order chi connectivity index (χ0) is 14.7. The van der Waals surface area contributed by atoms with Gasteiger partial charge in [0, 0.05) is 40.9 Å². The summed E-state index contributed by atoms with van der Waals surface area (Å²) in [6, 6.07) is 2.12. The Labute approximate surface area is 164 Å². The fourth-order valence-electron chi connectivity index (χ4n) is 3.75. The summed E-state index contributed by atoms with van der Waals surface area (Å²) in [5, 5.41) is 16.8. The average Bonchev–Trinajstić information content (AvgIpc) is 2.95. The topological polar surface area (TPSA) is 35.5 Å². The van der Waals surface area contributed by atoms with Crippen LogP contribution in [0.3, 0.4) is 0 Å². The summed E-state index contributed by atoms with van der Waals surface area (Å²) in [5.41, 5.74) is -0.594. The van der Waals surface area contributed by atoms with Gasteiger partial charge in [0.2, 0.25) is 0 Å². The van der Waals surface area contributed by atoms with Crippen LogP contribution in [0.4, 0.5) is 0 Å². The van der Waals surface area contributed by atoms with E-state index in [4.69, 9.17) is 0 Å². The first kappa shape index (κ1) is 21.7. The molecule has 2 unspecified atom stereocenters. The summed E-state index contributed by atoms with van der Waals surface area (Å²) in [6.45, 7) is 5.63. The van der Waals surface area contributed by atoms with E-state index in [2.05, 4.69) is 37.6 Å². The minimum Gasteiger partial charge on any atom is -0.384 e. The van der Waals surface area contributed by atoms with Crippen molar-refractivity contribution < 1.29 is 5.11 Å². The van der Waals surface area contributed by atoms with Gasteiger partial charge < -0.3 is 15.3 Å². The molecular weight excluding hydrogens is 419 g/mol. The molecule has 0 spiro atoms. The van der Waals surface area contributed by atoms with Crippen molar-refractivity contribution in [3.8, 4) is 0 Å². The first-order valence-electron chi connectivity index (χ1n) is 8.08. The van der Waals surface area contributed by atoms with E-state index in [-0.39, 0.29) is 24.8 Å². The van der Waals surface area contributed by atoms with Gasteiger partial charge in [-0.1, -0.05) is 12.8 Å². The molecule has 1 aromatic rings. The number of aliphatic hydroxyl groups is 1. The van der Waals surface area contributed by atoms with E-state index < -0.39 is 5.60 Å². The highest BCUT2D eigenvalue weighted by atomic mass is 79.9. The summed E-state index contributed by atoms with van der Waals surface area (Å²) in [5.74, 6) is 0.409. The van der Waals surface area contributed by atoms with Crippen LogP contribution in [0.2, 0.25) is 0 Å². The van der Waals surface area contributed by atoms with Crippen LogP contribution >= 0.6 is 52.1 Å². The largest absolute Gasteiger partial charge is 0.384 e. The Morgan fingerprint density at radius 1 is 1.30 bits per heavy atom. The third-order valence-electron chi connectivity index (χ3n) is 5.03. The van der Waals surface area contributed by atoms with Crippen molar-refractivity contribution in [1.82, 2.24) is 10.2 Å². The van der Waals surface area contributed by atoms with Gasteiger partial charge in [0.05, 0.1) is 0 Å². The molecule has 1 saturated carbocycles. The van der Waals surface area contributed by atoms with Crippen molar-refractivity contribution in [2.45, 2.75) is 37.7 Å². The second-order valence-electron chi connectivity index (χ2n) is 6.38. The molecule has 0 bridgehead atoms. The predicted octanol–water partition coefficient (Wildman–Crippen LogP) is 4.03. The van der Waals surface area contributed by atoms with Gasteiger partial charge in [-0.15, -0.1) is 36.2 Å². The first-order valence-corrected chi connectivity index (χ1v) is 9.76. The Kier molecular flexibility index (Phi) is 9.38. The Balaban J connectivity index is 0.00000132. The normalized spacial score (nSPS) is 28.7. The number of nitrogens with one attached hydrogen (secondary N) is 1. The van der Waals surface area contributed by atoms with Gasteiger partial charge in [0.15, 0.2) is 0 Å². The minimum atomic E-state index is -0.594.